The van der Waals surface area contributed by atoms with Crippen LogP contribution in [0.5, 0.6) is 0 Å². The third-order valence-corrected chi connectivity index (χ3v) is 1.83. The summed E-state index contributed by atoms with van der Waals surface area (Å²) in [5.74, 6) is 0. The van der Waals surface area contributed by atoms with Crippen LogP contribution in [0.1, 0.15) is 32.0 Å². The van der Waals surface area contributed by atoms with Gasteiger partial charge in [-0.1, -0.05) is 20.8 Å². The Morgan fingerprint density at radius 2 is 2.08 bits per heavy atom. The van der Waals surface area contributed by atoms with Crippen molar-refractivity contribution in [1.29, 1.82) is 0 Å². The average Bonchev–Trinajstić information content (AvgIpc) is 2.01. The molecule has 1 aromatic rings. The van der Waals surface area contributed by atoms with E-state index in [1.165, 1.54) is 0 Å². The Morgan fingerprint density at radius 3 is 2.62 bits per heavy atom. The molecule has 0 unspecified atom stereocenters. The summed E-state index contributed by atoms with van der Waals surface area (Å²) in [6, 6.07) is 4.05. The minimum Gasteiger partial charge on any atom is -0.326 e. The van der Waals surface area contributed by atoms with Crippen molar-refractivity contribution >= 4 is 0 Å². The van der Waals surface area contributed by atoms with E-state index in [0.717, 1.165) is 17.7 Å². The van der Waals surface area contributed by atoms with Crippen LogP contribution in [0.25, 0.3) is 0 Å². The molecular weight excluding hydrogens is 160 g/mol. The van der Waals surface area contributed by atoms with Gasteiger partial charge < -0.3 is 5.73 Å². The summed E-state index contributed by atoms with van der Waals surface area (Å²) >= 11 is 0. The fourth-order valence-electron chi connectivity index (χ4n) is 1.30. The van der Waals surface area contributed by atoms with Crippen molar-refractivity contribution in [2.24, 2.45) is 11.1 Å². The molecule has 0 aliphatic heterocycles. The molecule has 0 amide bonds. The number of hydrogen-bond donors (Lipinski definition) is 1. The first-order valence-electron chi connectivity index (χ1n) is 4.65. The lowest BCUT2D eigenvalue weighted by Crippen LogP contribution is -2.11. The number of nitrogens with two attached hydrogens (primary N) is 1. The second-order valence-electron chi connectivity index (χ2n) is 4.60. The first kappa shape index (κ1) is 10.2. The summed E-state index contributed by atoms with van der Waals surface area (Å²) in [7, 11) is 0. The van der Waals surface area contributed by atoms with Gasteiger partial charge >= 0.3 is 0 Å². The van der Waals surface area contributed by atoms with Gasteiger partial charge in [-0.3, -0.25) is 4.98 Å². The molecule has 2 N–H and O–H groups in total. The van der Waals surface area contributed by atoms with E-state index in [1.54, 1.807) is 0 Å². The van der Waals surface area contributed by atoms with Crippen molar-refractivity contribution < 1.29 is 0 Å². The molecular formula is C11H18N2. The Balaban J connectivity index is 2.78. The molecule has 1 aromatic heterocycles. The van der Waals surface area contributed by atoms with Gasteiger partial charge in [0, 0.05) is 18.4 Å². The van der Waals surface area contributed by atoms with Crippen LogP contribution >= 0.6 is 0 Å². The molecule has 0 aliphatic carbocycles. The quantitative estimate of drug-likeness (QED) is 0.753. The minimum atomic E-state index is 0.292. The van der Waals surface area contributed by atoms with Crippen LogP contribution in [0.3, 0.4) is 0 Å². The Bertz CT molecular complexity index is 274. The Hall–Kier alpha value is -0.890. The van der Waals surface area contributed by atoms with E-state index in [4.69, 9.17) is 5.73 Å². The molecule has 0 spiro atoms. The highest BCUT2D eigenvalue weighted by molar-refractivity contribution is 5.16. The lowest BCUT2D eigenvalue weighted by molar-refractivity contribution is 0.406. The Labute approximate surface area is 80.2 Å². The predicted molar refractivity (Wildman–Crippen MR) is 55.3 cm³/mol. The summed E-state index contributed by atoms with van der Waals surface area (Å²) in [6.45, 7) is 7.23. The van der Waals surface area contributed by atoms with Gasteiger partial charge in [-0.15, -0.1) is 0 Å². The fraction of sp³-hybridized carbons (Fsp3) is 0.545. The van der Waals surface area contributed by atoms with E-state index < -0.39 is 0 Å². The SMILES string of the molecule is CC(C)(C)Cc1cc(CN)ccn1. The van der Waals surface area contributed by atoms with Crippen molar-refractivity contribution in [3.8, 4) is 0 Å². The molecule has 2 nitrogen and oxygen atoms in total. The van der Waals surface area contributed by atoms with E-state index in [2.05, 4.69) is 31.8 Å². The summed E-state index contributed by atoms with van der Waals surface area (Å²) in [6.07, 6.45) is 2.84. The number of nitrogens with zero attached hydrogens (tertiary/aromatic N) is 1. The van der Waals surface area contributed by atoms with Crippen LogP contribution in [0.15, 0.2) is 18.3 Å². The topological polar surface area (TPSA) is 38.9 Å². The zero-order valence-electron chi connectivity index (χ0n) is 8.67. The molecule has 0 bridgehead atoms. The van der Waals surface area contributed by atoms with Crippen LogP contribution in [-0.4, -0.2) is 4.98 Å². The van der Waals surface area contributed by atoms with Crippen LogP contribution in [0.4, 0.5) is 0 Å². The molecule has 2 heteroatoms. The zero-order chi connectivity index (χ0) is 9.90. The van der Waals surface area contributed by atoms with Gasteiger partial charge in [0.15, 0.2) is 0 Å². The molecule has 0 saturated carbocycles. The van der Waals surface area contributed by atoms with Gasteiger partial charge in [0.2, 0.25) is 0 Å². The number of aromatic nitrogens is 1. The third-order valence-electron chi connectivity index (χ3n) is 1.83. The number of hydrogen-bond acceptors (Lipinski definition) is 2. The molecule has 0 saturated heterocycles. The van der Waals surface area contributed by atoms with Crippen LogP contribution in [-0.2, 0) is 13.0 Å². The molecule has 0 fully saturated rings. The van der Waals surface area contributed by atoms with E-state index in [1.807, 2.05) is 12.3 Å². The molecule has 72 valence electrons. The normalized spacial score (nSPS) is 11.7. The molecule has 0 atom stereocenters. The monoisotopic (exact) mass is 178 g/mol. The first-order valence-corrected chi connectivity index (χ1v) is 4.65. The van der Waals surface area contributed by atoms with E-state index >= 15 is 0 Å². The van der Waals surface area contributed by atoms with Crippen molar-refractivity contribution in [2.75, 3.05) is 0 Å². The molecule has 1 rings (SSSR count). The van der Waals surface area contributed by atoms with E-state index in [9.17, 15) is 0 Å². The van der Waals surface area contributed by atoms with Crippen LogP contribution in [0, 0.1) is 5.41 Å². The van der Waals surface area contributed by atoms with E-state index in [0.29, 0.717) is 12.0 Å². The highest BCUT2D eigenvalue weighted by Crippen LogP contribution is 2.19. The van der Waals surface area contributed by atoms with Gasteiger partial charge in [-0.2, -0.15) is 0 Å². The van der Waals surface area contributed by atoms with Crippen molar-refractivity contribution in [3.05, 3.63) is 29.6 Å². The largest absolute Gasteiger partial charge is 0.326 e. The van der Waals surface area contributed by atoms with Gasteiger partial charge in [0.05, 0.1) is 0 Å². The maximum atomic E-state index is 5.55. The van der Waals surface area contributed by atoms with Gasteiger partial charge in [0.1, 0.15) is 0 Å². The lowest BCUT2D eigenvalue weighted by Gasteiger charge is -2.17. The van der Waals surface area contributed by atoms with Gasteiger partial charge in [0.25, 0.3) is 0 Å². The molecule has 0 aliphatic rings. The zero-order valence-corrected chi connectivity index (χ0v) is 8.67. The lowest BCUT2D eigenvalue weighted by atomic mass is 9.90. The smallest absolute Gasteiger partial charge is 0.0412 e. The molecule has 0 aromatic carbocycles. The maximum Gasteiger partial charge on any atom is 0.0412 e. The standard InChI is InChI=1S/C11H18N2/c1-11(2,3)7-10-6-9(8-12)4-5-13-10/h4-6H,7-8,12H2,1-3H3. The summed E-state index contributed by atoms with van der Waals surface area (Å²) < 4.78 is 0. The summed E-state index contributed by atoms with van der Waals surface area (Å²) in [5.41, 5.74) is 8.14. The predicted octanol–water partition coefficient (Wildman–Crippen LogP) is 2.13. The minimum absolute atomic E-state index is 0.292. The Morgan fingerprint density at radius 1 is 1.38 bits per heavy atom. The second kappa shape index (κ2) is 3.88. The summed E-state index contributed by atoms with van der Waals surface area (Å²) in [4.78, 5) is 4.32. The fourth-order valence-corrected chi connectivity index (χ4v) is 1.30. The van der Waals surface area contributed by atoms with Crippen molar-refractivity contribution in [2.45, 2.75) is 33.7 Å². The molecule has 13 heavy (non-hydrogen) atoms. The van der Waals surface area contributed by atoms with Gasteiger partial charge in [-0.05, 0) is 29.5 Å². The summed E-state index contributed by atoms with van der Waals surface area (Å²) in [5, 5.41) is 0. The number of pyridine rings is 1. The number of rotatable bonds is 2. The Kier molecular flexibility index (Phi) is 3.04. The maximum absolute atomic E-state index is 5.55. The van der Waals surface area contributed by atoms with E-state index in [-0.39, 0.29) is 0 Å². The van der Waals surface area contributed by atoms with Crippen LogP contribution in [0.2, 0.25) is 0 Å². The first-order chi connectivity index (χ1) is 6.01. The average molecular weight is 178 g/mol. The van der Waals surface area contributed by atoms with Gasteiger partial charge in [-0.25, -0.2) is 0 Å². The highest BCUT2D eigenvalue weighted by Gasteiger charge is 2.11. The molecule has 0 radical (unpaired) electrons. The van der Waals surface area contributed by atoms with Crippen LogP contribution < -0.4 is 5.73 Å². The van der Waals surface area contributed by atoms with Crippen molar-refractivity contribution in [1.82, 2.24) is 4.98 Å². The van der Waals surface area contributed by atoms with Crippen molar-refractivity contribution in [3.63, 3.8) is 0 Å². The molecule has 1 heterocycles. The highest BCUT2D eigenvalue weighted by atomic mass is 14.7. The third kappa shape index (κ3) is 3.55. The second-order valence-corrected chi connectivity index (χ2v) is 4.60.